The summed E-state index contributed by atoms with van der Waals surface area (Å²) in [6, 6.07) is 0.536. The average Bonchev–Trinajstić information content (AvgIpc) is 3.43. The molecular weight excluding hydrogens is 444 g/mol. The molecule has 0 saturated carbocycles. The fourth-order valence-electron chi connectivity index (χ4n) is 5.03. The molecule has 1 fully saturated rings. The molecule has 7 atom stereocenters. The van der Waals surface area contributed by atoms with Gasteiger partial charge in [-0.1, -0.05) is 51.5 Å². The summed E-state index contributed by atoms with van der Waals surface area (Å²) >= 11 is 0. The van der Waals surface area contributed by atoms with Crippen molar-refractivity contribution in [3.63, 3.8) is 0 Å². The van der Waals surface area contributed by atoms with Crippen LogP contribution in [0.3, 0.4) is 0 Å². The summed E-state index contributed by atoms with van der Waals surface area (Å²) in [5.41, 5.74) is 2.67. The van der Waals surface area contributed by atoms with Crippen LogP contribution in [0.15, 0.2) is 40.1 Å². The highest BCUT2D eigenvalue weighted by molar-refractivity contribution is 5.71. The third-order valence-electron chi connectivity index (χ3n) is 7.93. The molecule has 35 heavy (non-hydrogen) atoms. The van der Waals surface area contributed by atoms with E-state index in [2.05, 4.69) is 36.8 Å². The Kier molecular flexibility index (Phi) is 8.45. The molecule has 5 unspecified atom stereocenters. The number of hydrogen-bond donors (Lipinski definition) is 3. The Hall–Kier alpha value is -2.22. The molecule has 1 aromatic heterocycles. The third kappa shape index (κ3) is 6.51. The van der Waals surface area contributed by atoms with E-state index in [4.69, 9.17) is 9.15 Å². The Morgan fingerprint density at radius 1 is 1.26 bits per heavy atom. The molecule has 7 heteroatoms. The fraction of sp³-hybridized carbons (Fsp3) is 0.643. The molecule has 0 amide bonds. The first-order chi connectivity index (χ1) is 16.3. The predicted octanol–water partition coefficient (Wildman–Crippen LogP) is 4.35. The minimum atomic E-state index is -0.993. The van der Waals surface area contributed by atoms with E-state index in [-0.39, 0.29) is 24.3 Å². The number of hydrogen-bond acceptors (Lipinski definition) is 7. The normalized spacial score (nSPS) is 36.7. The van der Waals surface area contributed by atoms with E-state index < -0.39 is 29.7 Å². The number of aromatic nitrogens is 1. The van der Waals surface area contributed by atoms with Gasteiger partial charge in [0.25, 0.3) is 0 Å². The molecule has 1 aromatic rings. The van der Waals surface area contributed by atoms with E-state index in [9.17, 15) is 15.0 Å². The minimum absolute atomic E-state index is 0.0363. The number of nitrogens with one attached hydrogen (secondary N) is 1. The van der Waals surface area contributed by atoms with Gasteiger partial charge in [0.1, 0.15) is 18.1 Å². The van der Waals surface area contributed by atoms with Gasteiger partial charge in [0.05, 0.1) is 18.6 Å². The molecule has 1 saturated heterocycles. The summed E-state index contributed by atoms with van der Waals surface area (Å²) in [6.07, 6.45) is 4.70. The van der Waals surface area contributed by atoms with Gasteiger partial charge in [-0.3, -0.25) is 4.79 Å². The minimum Gasteiger partial charge on any atom is -0.457 e. The number of nitrogens with zero attached hydrogens (tertiary/aromatic N) is 1. The average molecular weight is 487 g/mol. The molecule has 3 heterocycles. The van der Waals surface area contributed by atoms with Crippen molar-refractivity contribution >= 4 is 12.0 Å². The lowest BCUT2D eigenvalue weighted by atomic mass is 9.70. The van der Waals surface area contributed by atoms with Crippen molar-refractivity contribution < 1.29 is 24.2 Å². The number of rotatable bonds is 2. The second kappa shape index (κ2) is 10.8. The zero-order chi connectivity index (χ0) is 26.1. The number of ether oxygens (including phenoxy) is 1. The van der Waals surface area contributed by atoms with E-state index in [0.29, 0.717) is 24.0 Å². The molecule has 3 rings (SSSR count). The van der Waals surface area contributed by atoms with Gasteiger partial charge in [-0.15, -0.1) is 0 Å². The van der Waals surface area contributed by atoms with Crippen molar-refractivity contribution in [3.8, 4) is 0 Å². The number of esters is 1. The molecular formula is C28H42N2O5. The summed E-state index contributed by atoms with van der Waals surface area (Å²) in [5, 5.41) is 25.6. The van der Waals surface area contributed by atoms with Crippen molar-refractivity contribution in [2.24, 2.45) is 17.3 Å². The Bertz CT molecular complexity index is 991. The van der Waals surface area contributed by atoms with Crippen LogP contribution >= 0.6 is 0 Å². The predicted molar refractivity (Wildman–Crippen MR) is 136 cm³/mol. The maximum atomic E-state index is 12.9. The van der Waals surface area contributed by atoms with Crippen LogP contribution in [-0.2, 0) is 9.53 Å². The molecule has 0 bridgehead atoms. The highest BCUT2D eigenvalue weighted by Crippen LogP contribution is 2.40. The van der Waals surface area contributed by atoms with E-state index in [0.717, 1.165) is 17.6 Å². The van der Waals surface area contributed by atoms with E-state index in [1.54, 1.807) is 13.2 Å². The maximum Gasteiger partial charge on any atom is 0.309 e. The monoisotopic (exact) mass is 486 g/mol. The topological polar surface area (TPSA) is 115 Å². The van der Waals surface area contributed by atoms with Crippen molar-refractivity contribution in [2.45, 2.75) is 98.1 Å². The molecule has 194 valence electrons. The number of aliphatic hydroxyl groups excluding tert-OH is 2. The van der Waals surface area contributed by atoms with Crippen LogP contribution in [0.5, 0.6) is 0 Å². The lowest BCUT2D eigenvalue weighted by molar-refractivity contribution is -0.151. The largest absolute Gasteiger partial charge is 0.457 e. The second-order valence-electron chi connectivity index (χ2n) is 11.1. The number of carbonyl (C=O) groups is 1. The van der Waals surface area contributed by atoms with Gasteiger partial charge in [0.2, 0.25) is 0 Å². The molecule has 7 nitrogen and oxygen atoms in total. The van der Waals surface area contributed by atoms with Crippen LogP contribution in [0.2, 0.25) is 0 Å². The highest BCUT2D eigenvalue weighted by atomic mass is 16.5. The van der Waals surface area contributed by atoms with Crippen LogP contribution in [0, 0.1) is 24.2 Å². The van der Waals surface area contributed by atoms with E-state index >= 15 is 0 Å². The number of aliphatic hydroxyl groups is 2. The Labute approximate surface area is 209 Å². The van der Waals surface area contributed by atoms with Crippen LogP contribution < -0.4 is 5.32 Å². The van der Waals surface area contributed by atoms with Crippen molar-refractivity contribution in [1.82, 2.24) is 10.3 Å². The Balaban J connectivity index is 1.89. The first-order valence-electron chi connectivity index (χ1n) is 12.6. The third-order valence-corrected chi connectivity index (χ3v) is 7.93. The van der Waals surface area contributed by atoms with Crippen LogP contribution in [0.25, 0.3) is 6.08 Å². The van der Waals surface area contributed by atoms with Gasteiger partial charge < -0.3 is 24.7 Å². The van der Waals surface area contributed by atoms with Gasteiger partial charge in [0.15, 0.2) is 5.89 Å². The van der Waals surface area contributed by atoms with Crippen molar-refractivity contribution in [2.75, 3.05) is 0 Å². The van der Waals surface area contributed by atoms with Crippen LogP contribution in [0.4, 0.5) is 0 Å². The quantitative estimate of drug-likeness (QED) is 0.323. The van der Waals surface area contributed by atoms with Gasteiger partial charge in [-0.05, 0) is 37.8 Å². The zero-order valence-electron chi connectivity index (χ0n) is 22.2. The summed E-state index contributed by atoms with van der Waals surface area (Å²) < 4.78 is 11.2. The summed E-state index contributed by atoms with van der Waals surface area (Å²) in [7, 11) is 0. The second-order valence-corrected chi connectivity index (χ2v) is 11.1. The van der Waals surface area contributed by atoms with Crippen molar-refractivity contribution in [3.05, 3.63) is 47.2 Å². The first kappa shape index (κ1) is 27.4. The Morgan fingerprint density at radius 2 is 1.94 bits per heavy atom. The van der Waals surface area contributed by atoms with Gasteiger partial charge in [0, 0.05) is 36.8 Å². The van der Waals surface area contributed by atoms with E-state index in [1.807, 2.05) is 33.8 Å². The van der Waals surface area contributed by atoms with Crippen LogP contribution in [0.1, 0.15) is 72.4 Å². The molecule has 0 aromatic carbocycles. The molecule has 2 aliphatic heterocycles. The van der Waals surface area contributed by atoms with E-state index in [1.165, 1.54) is 5.57 Å². The van der Waals surface area contributed by atoms with Gasteiger partial charge in [-0.2, -0.15) is 0 Å². The Morgan fingerprint density at radius 3 is 2.57 bits per heavy atom. The molecule has 0 aliphatic carbocycles. The zero-order valence-corrected chi connectivity index (χ0v) is 22.2. The standard InChI is InChI=1S/C28H42N2O5/c1-15-9-10-23(16(2)12-21-14-34-20(6)29-21)35-25(32)13-24(31)28(7,8)19(5)17(3)27(33)18(4)26-22(11-15)30-26/h9,12,14,17-18,22-24,26-27,30-31,33H,5,10-11,13H2,1-4,6-8H3/b15-9-,16-12+/t17?,18?,22?,23-,24-,26?,27?/m0/s1. The van der Waals surface area contributed by atoms with Crippen LogP contribution in [-0.4, -0.2) is 51.6 Å². The number of oxazole rings is 1. The lowest BCUT2D eigenvalue weighted by Gasteiger charge is -2.38. The molecule has 0 radical (unpaired) electrons. The van der Waals surface area contributed by atoms with Gasteiger partial charge >= 0.3 is 5.97 Å². The first-order valence-corrected chi connectivity index (χ1v) is 12.6. The number of carbonyl (C=O) groups excluding carboxylic acids is 1. The molecule has 0 spiro atoms. The maximum absolute atomic E-state index is 12.9. The fourth-order valence-corrected chi connectivity index (χ4v) is 5.03. The number of cyclic esters (lactones) is 1. The molecule has 3 N–H and O–H groups in total. The highest BCUT2D eigenvalue weighted by Gasteiger charge is 2.45. The summed E-state index contributed by atoms with van der Waals surface area (Å²) in [4.78, 5) is 17.3. The van der Waals surface area contributed by atoms with Gasteiger partial charge in [-0.25, -0.2) is 4.98 Å². The smallest absolute Gasteiger partial charge is 0.309 e. The summed E-state index contributed by atoms with van der Waals surface area (Å²) in [6.45, 7) is 17.7. The number of aryl methyl sites for hydroxylation is 1. The number of fused-ring (bicyclic) bond motifs is 1. The lowest BCUT2D eigenvalue weighted by Crippen LogP contribution is -2.40. The molecule has 2 aliphatic rings. The van der Waals surface area contributed by atoms with Crippen molar-refractivity contribution in [1.29, 1.82) is 0 Å². The summed E-state index contributed by atoms with van der Waals surface area (Å²) in [5.74, 6) is -0.104. The SMILES string of the molecule is C=C1C(C)C(O)C(C)C2NC2C/C(C)=C\C[C@@H](/C(C)=C/c2coc(C)n2)OC(=O)C[C@H](O)C1(C)C.